The Morgan fingerprint density at radius 1 is 0.897 bits per heavy atom. The van der Waals surface area contributed by atoms with E-state index in [0.29, 0.717) is 12.1 Å². The van der Waals surface area contributed by atoms with Crippen LogP contribution < -0.4 is 14.7 Å². The van der Waals surface area contributed by atoms with Crippen LogP contribution in [0.1, 0.15) is 25.7 Å². The van der Waals surface area contributed by atoms with E-state index in [9.17, 15) is 0 Å². The fraction of sp³-hybridized carbons (Fsp3) is 0.550. The van der Waals surface area contributed by atoms with Gasteiger partial charge in [0, 0.05) is 58.6 Å². The zero-order valence-electron chi connectivity index (χ0n) is 17.2. The van der Waals surface area contributed by atoms with Crippen molar-refractivity contribution in [3.8, 4) is 0 Å². The van der Waals surface area contributed by atoms with E-state index in [1.54, 1.807) is 12.7 Å². The summed E-state index contributed by atoms with van der Waals surface area (Å²) in [6, 6.07) is 3.23. The molecule has 5 rings (SSSR count). The van der Waals surface area contributed by atoms with Crippen LogP contribution in [0.25, 0.3) is 11.0 Å². The van der Waals surface area contributed by atoms with Crippen LogP contribution >= 0.6 is 0 Å². The molecule has 0 bridgehead atoms. The molecule has 0 aromatic carbocycles. The number of hydrogen-bond donors (Lipinski definition) is 0. The highest BCUT2D eigenvalue weighted by Crippen LogP contribution is 2.36. The second kappa shape index (κ2) is 7.13. The molecule has 0 unspecified atom stereocenters. The average molecular weight is 393 g/mol. The SMILES string of the molecule is CN(C)c1cc(N(C2CC2)C2CCN(c3ncnc4nn(C)cc34)CC2)ncn1. The molecule has 2 aliphatic rings. The van der Waals surface area contributed by atoms with E-state index in [4.69, 9.17) is 0 Å². The van der Waals surface area contributed by atoms with E-state index in [0.717, 1.165) is 54.4 Å². The summed E-state index contributed by atoms with van der Waals surface area (Å²) in [6.07, 6.45) is 10.0. The van der Waals surface area contributed by atoms with Gasteiger partial charge in [-0.15, -0.1) is 0 Å². The summed E-state index contributed by atoms with van der Waals surface area (Å²) >= 11 is 0. The first-order valence-corrected chi connectivity index (χ1v) is 10.3. The maximum atomic E-state index is 4.62. The predicted octanol–water partition coefficient (Wildman–Crippen LogP) is 1.86. The van der Waals surface area contributed by atoms with Gasteiger partial charge in [-0.3, -0.25) is 4.68 Å². The van der Waals surface area contributed by atoms with E-state index in [2.05, 4.69) is 40.9 Å². The number of aryl methyl sites for hydroxylation is 1. The molecular formula is C20H27N9. The first-order chi connectivity index (χ1) is 14.1. The minimum absolute atomic E-state index is 0.495. The Bertz CT molecular complexity index is 1000. The second-order valence-electron chi connectivity index (χ2n) is 8.22. The van der Waals surface area contributed by atoms with Crippen LogP contribution in [-0.4, -0.2) is 69.0 Å². The number of piperidine rings is 1. The molecule has 3 aromatic heterocycles. The smallest absolute Gasteiger partial charge is 0.186 e. The minimum Gasteiger partial charge on any atom is -0.363 e. The second-order valence-corrected chi connectivity index (χ2v) is 8.22. The largest absolute Gasteiger partial charge is 0.363 e. The van der Waals surface area contributed by atoms with E-state index < -0.39 is 0 Å². The van der Waals surface area contributed by atoms with Crippen molar-refractivity contribution in [3.05, 3.63) is 24.9 Å². The molecule has 9 heteroatoms. The standard InChI is InChI=1S/C20H27N9/c1-26(2)17-10-18(22-12-21-17)29(14-4-5-14)15-6-8-28(9-7-15)20-16-11-27(3)25-19(16)23-13-24-20/h10-15H,4-9H2,1-3H3. The number of fused-ring (bicyclic) bond motifs is 1. The lowest BCUT2D eigenvalue weighted by Gasteiger charge is -2.40. The molecule has 0 radical (unpaired) electrons. The highest BCUT2D eigenvalue weighted by Gasteiger charge is 2.37. The Morgan fingerprint density at radius 2 is 1.59 bits per heavy atom. The van der Waals surface area contributed by atoms with Crippen LogP contribution in [-0.2, 0) is 7.05 Å². The third-order valence-corrected chi connectivity index (χ3v) is 5.87. The van der Waals surface area contributed by atoms with E-state index in [1.165, 1.54) is 12.8 Å². The van der Waals surface area contributed by atoms with Crippen LogP contribution in [0, 0.1) is 0 Å². The topological polar surface area (TPSA) is 79.1 Å². The predicted molar refractivity (Wildman–Crippen MR) is 113 cm³/mol. The Labute approximate surface area is 170 Å². The first kappa shape index (κ1) is 18.1. The van der Waals surface area contributed by atoms with Gasteiger partial charge in [0.2, 0.25) is 0 Å². The van der Waals surface area contributed by atoms with Crippen molar-refractivity contribution in [2.24, 2.45) is 7.05 Å². The van der Waals surface area contributed by atoms with Crippen LogP contribution in [0.4, 0.5) is 17.5 Å². The molecule has 0 atom stereocenters. The van der Waals surface area contributed by atoms with Crippen molar-refractivity contribution in [1.82, 2.24) is 29.7 Å². The Morgan fingerprint density at radius 3 is 2.31 bits per heavy atom. The monoisotopic (exact) mass is 393 g/mol. The molecule has 1 aliphatic carbocycles. The minimum atomic E-state index is 0.495. The summed E-state index contributed by atoms with van der Waals surface area (Å²) in [7, 11) is 5.97. The van der Waals surface area contributed by atoms with E-state index in [-0.39, 0.29) is 0 Å². The van der Waals surface area contributed by atoms with Crippen LogP contribution in [0.15, 0.2) is 24.9 Å². The molecule has 1 aliphatic heterocycles. The highest BCUT2D eigenvalue weighted by atomic mass is 15.3. The van der Waals surface area contributed by atoms with Gasteiger partial charge in [-0.2, -0.15) is 5.10 Å². The van der Waals surface area contributed by atoms with Crippen molar-refractivity contribution >= 4 is 28.5 Å². The lowest BCUT2D eigenvalue weighted by Crippen LogP contribution is -2.46. The van der Waals surface area contributed by atoms with Gasteiger partial charge in [-0.05, 0) is 25.7 Å². The van der Waals surface area contributed by atoms with Gasteiger partial charge in [-0.1, -0.05) is 0 Å². The van der Waals surface area contributed by atoms with Gasteiger partial charge in [0.05, 0.1) is 5.39 Å². The molecule has 1 saturated carbocycles. The maximum absolute atomic E-state index is 4.62. The molecular weight excluding hydrogens is 366 g/mol. The van der Waals surface area contributed by atoms with Crippen molar-refractivity contribution in [3.63, 3.8) is 0 Å². The fourth-order valence-electron chi connectivity index (χ4n) is 4.29. The Kier molecular flexibility index (Phi) is 4.44. The average Bonchev–Trinajstić information content (AvgIpc) is 3.48. The lowest BCUT2D eigenvalue weighted by molar-refractivity contribution is 0.458. The summed E-state index contributed by atoms with van der Waals surface area (Å²) in [5, 5.41) is 5.44. The molecule has 0 N–H and O–H groups in total. The first-order valence-electron chi connectivity index (χ1n) is 10.3. The highest BCUT2D eigenvalue weighted by molar-refractivity contribution is 5.86. The zero-order valence-corrected chi connectivity index (χ0v) is 17.2. The number of rotatable bonds is 5. The third kappa shape index (κ3) is 3.45. The summed E-state index contributed by atoms with van der Waals surface area (Å²) in [6.45, 7) is 1.95. The molecule has 0 amide bonds. The number of nitrogens with zero attached hydrogens (tertiary/aromatic N) is 9. The van der Waals surface area contributed by atoms with Gasteiger partial charge in [0.15, 0.2) is 5.65 Å². The summed E-state index contributed by atoms with van der Waals surface area (Å²) in [5.41, 5.74) is 0.761. The van der Waals surface area contributed by atoms with Crippen molar-refractivity contribution in [1.29, 1.82) is 0 Å². The van der Waals surface area contributed by atoms with Gasteiger partial charge < -0.3 is 14.7 Å². The third-order valence-electron chi connectivity index (χ3n) is 5.87. The quantitative estimate of drug-likeness (QED) is 0.650. The maximum Gasteiger partial charge on any atom is 0.186 e. The number of aromatic nitrogens is 6. The van der Waals surface area contributed by atoms with Crippen molar-refractivity contribution < 1.29 is 0 Å². The molecule has 152 valence electrons. The van der Waals surface area contributed by atoms with Gasteiger partial charge >= 0.3 is 0 Å². The van der Waals surface area contributed by atoms with Crippen LogP contribution in [0.3, 0.4) is 0 Å². The Hall–Kier alpha value is -2.97. The van der Waals surface area contributed by atoms with Crippen molar-refractivity contribution in [2.45, 2.75) is 37.8 Å². The molecule has 29 heavy (non-hydrogen) atoms. The lowest BCUT2D eigenvalue weighted by atomic mass is 10.0. The summed E-state index contributed by atoms with van der Waals surface area (Å²) < 4.78 is 1.81. The van der Waals surface area contributed by atoms with Crippen LogP contribution in [0.5, 0.6) is 0 Å². The molecule has 1 saturated heterocycles. The normalized spacial score (nSPS) is 17.7. The molecule has 2 fully saturated rings. The van der Waals surface area contributed by atoms with Crippen LogP contribution in [0.2, 0.25) is 0 Å². The molecule has 0 spiro atoms. The fourth-order valence-corrected chi connectivity index (χ4v) is 4.29. The van der Waals surface area contributed by atoms with Gasteiger partial charge in [0.1, 0.15) is 30.1 Å². The Balaban J connectivity index is 1.35. The van der Waals surface area contributed by atoms with E-state index in [1.807, 2.05) is 36.9 Å². The number of anilines is 3. The van der Waals surface area contributed by atoms with E-state index >= 15 is 0 Å². The van der Waals surface area contributed by atoms with Crippen molar-refractivity contribution in [2.75, 3.05) is 41.9 Å². The summed E-state index contributed by atoms with van der Waals surface area (Å²) in [5.74, 6) is 3.01. The number of hydrogen-bond acceptors (Lipinski definition) is 8. The molecule has 9 nitrogen and oxygen atoms in total. The van der Waals surface area contributed by atoms with Gasteiger partial charge in [0.25, 0.3) is 0 Å². The summed E-state index contributed by atoms with van der Waals surface area (Å²) in [4.78, 5) is 24.8. The molecule has 3 aromatic rings. The molecule has 4 heterocycles. The zero-order chi connectivity index (χ0) is 20.0. The van der Waals surface area contributed by atoms with Gasteiger partial charge in [-0.25, -0.2) is 19.9 Å².